The molecule has 7 heteroatoms. The van der Waals surface area contributed by atoms with Crippen molar-refractivity contribution in [3.8, 4) is 5.75 Å². The van der Waals surface area contributed by atoms with E-state index in [-0.39, 0.29) is 5.91 Å². The van der Waals surface area contributed by atoms with Gasteiger partial charge in [-0.25, -0.2) is 4.79 Å². The molecule has 0 saturated heterocycles. The van der Waals surface area contributed by atoms with Gasteiger partial charge in [-0.05, 0) is 42.7 Å². The maximum atomic E-state index is 12.8. The molecule has 1 N–H and O–H groups in total. The average Bonchev–Trinajstić information content (AvgIpc) is 2.88. The van der Waals surface area contributed by atoms with Gasteiger partial charge in [-0.1, -0.05) is 11.6 Å². The summed E-state index contributed by atoms with van der Waals surface area (Å²) in [5.74, 6) is -0.524. The lowest BCUT2D eigenvalue weighted by atomic mass is 10.1. The Morgan fingerprint density at radius 2 is 2.00 bits per heavy atom. The summed E-state index contributed by atoms with van der Waals surface area (Å²) >= 11 is 7.30. The Morgan fingerprint density at radius 1 is 1.25 bits per heavy atom. The number of rotatable bonds is 3. The van der Waals surface area contributed by atoms with Crippen LogP contribution in [0.4, 0.5) is 0 Å². The number of carbonyl (C=O) groups is 2. The van der Waals surface area contributed by atoms with Crippen LogP contribution in [0, 0.1) is 0 Å². The zero-order valence-corrected chi connectivity index (χ0v) is 14.6. The highest BCUT2D eigenvalue weighted by molar-refractivity contribution is 7.14. The lowest BCUT2D eigenvalue weighted by molar-refractivity contribution is 0.0700. The summed E-state index contributed by atoms with van der Waals surface area (Å²) in [7, 11) is 1.52. The van der Waals surface area contributed by atoms with E-state index in [9.17, 15) is 9.59 Å². The van der Waals surface area contributed by atoms with Gasteiger partial charge in [0.15, 0.2) is 0 Å². The van der Waals surface area contributed by atoms with Crippen LogP contribution in [0.2, 0.25) is 5.02 Å². The molecule has 1 aromatic heterocycles. The number of benzene rings is 1. The van der Waals surface area contributed by atoms with Crippen molar-refractivity contribution in [3.63, 3.8) is 0 Å². The summed E-state index contributed by atoms with van der Waals surface area (Å²) in [5, 5.41) is 9.58. The van der Waals surface area contributed by atoms with Gasteiger partial charge in [-0.3, -0.25) is 4.79 Å². The van der Waals surface area contributed by atoms with Crippen molar-refractivity contribution in [2.45, 2.75) is 12.8 Å². The number of hydrogen-bond acceptors (Lipinski definition) is 4. The van der Waals surface area contributed by atoms with E-state index in [0.29, 0.717) is 47.1 Å². The molecule has 5 nitrogen and oxygen atoms in total. The molecule has 1 amide bonds. The monoisotopic (exact) mass is 365 g/mol. The van der Waals surface area contributed by atoms with Crippen LogP contribution in [-0.4, -0.2) is 42.1 Å². The molecule has 0 atom stereocenters. The summed E-state index contributed by atoms with van der Waals surface area (Å²) in [6.45, 7) is 1.08. The molecule has 1 aliphatic heterocycles. The molecule has 1 aromatic carbocycles. The molecule has 2 heterocycles. The number of ether oxygens (including phenoxy) is 1. The molecule has 24 heavy (non-hydrogen) atoms. The zero-order chi connectivity index (χ0) is 17.3. The van der Waals surface area contributed by atoms with Gasteiger partial charge < -0.3 is 14.7 Å². The Balaban J connectivity index is 1.80. The Kier molecular flexibility index (Phi) is 4.78. The first-order valence-electron chi connectivity index (χ1n) is 7.47. The first kappa shape index (κ1) is 16.8. The summed E-state index contributed by atoms with van der Waals surface area (Å²) < 4.78 is 5.26. The SMILES string of the molecule is COc1ccc(Cl)cc1C(=O)N1CCc2cc(C(=O)O)sc2CC1. The summed E-state index contributed by atoms with van der Waals surface area (Å²) in [6.07, 6.45) is 1.30. The normalized spacial score (nSPS) is 14.0. The Morgan fingerprint density at radius 3 is 2.71 bits per heavy atom. The molecular formula is C17H16ClNO4S. The Bertz CT molecular complexity index is 776. The maximum absolute atomic E-state index is 12.8. The van der Waals surface area contributed by atoms with Crippen LogP contribution < -0.4 is 4.74 Å². The molecule has 0 fully saturated rings. The van der Waals surface area contributed by atoms with Gasteiger partial charge >= 0.3 is 5.97 Å². The smallest absolute Gasteiger partial charge is 0.345 e. The van der Waals surface area contributed by atoms with Crippen molar-refractivity contribution in [3.05, 3.63) is 50.2 Å². The number of aromatic carboxylic acids is 1. The molecule has 0 radical (unpaired) electrons. The molecule has 126 valence electrons. The maximum Gasteiger partial charge on any atom is 0.345 e. The zero-order valence-electron chi connectivity index (χ0n) is 13.0. The molecule has 0 bridgehead atoms. The van der Waals surface area contributed by atoms with Crippen molar-refractivity contribution < 1.29 is 19.4 Å². The van der Waals surface area contributed by atoms with Gasteiger partial charge in [0, 0.05) is 23.0 Å². The highest BCUT2D eigenvalue weighted by Crippen LogP contribution is 2.28. The highest BCUT2D eigenvalue weighted by Gasteiger charge is 2.24. The van der Waals surface area contributed by atoms with E-state index >= 15 is 0 Å². The highest BCUT2D eigenvalue weighted by atomic mass is 35.5. The number of thiophene rings is 1. The molecule has 0 spiro atoms. The van der Waals surface area contributed by atoms with Crippen LogP contribution in [0.3, 0.4) is 0 Å². The fourth-order valence-corrected chi connectivity index (χ4v) is 4.03. The second kappa shape index (κ2) is 6.83. The van der Waals surface area contributed by atoms with E-state index in [1.807, 2.05) is 0 Å². The lowest BCUT2D eigenvalue weighted by Crippen LogP contribution is -2.33. The largest absolute Gasteiger partial charge is 0.496 e. The fourth-order valence-electron chi connectivity index (χ4n) is 2.82. The van der Waals surface area contributed by atoms with E-state index in [1.54, 1.807) is 29.2 Å². The number of methoxy groups -OCH3 is 1. The van der Waals surface area contributed by atoms with Gasteiger partial charge in [0.05, 0.1) is 12.7 Å². The van der Waals surface area contributed by atoms with Crippen LogP contribution >= 0.6 is 22.9 Å². The molecule has 0 aliphatic carbocycles. The minimum absolute atomic E-state index is 0.122. The molecule has 0 unspecified atom stereocenters. The third-order valence-corrected chi connectivity index (χ3v) is 5.51. The van der Waals surface area contributed by atoms with Crippen LogP contribution in [0.5, 0.6) is 5.75 Å². The number of nitrogens with zero attached hydrogens (tertiary/aromatic N) is 1. The topological polar surface area (TPSA) is 66.8 Å². The van der Waals surface area contributed by atoms with Crippen molar-refractivity contribution in [2.24, 2.45) is 0 Å². The second-order valence-electron chi connectivity index (χ2n) is 5.50. The van der Waals surface area contributed by atoms with Crippen LogP contribution in [0.25, 0.3) is 0 Å². The van der Waals surface area contributed by atoms with Gasteiger partial charge in [0.25, 0.3) is 5.91 Å². The van der Waals surface area contributed by atoms with Crippen molar-refractivity contribution in [1.82, 2.24) is 4.90 Å². The second-order valence-corrected chi connectivity index (χ2v) is 7.07. The fraction of sp³-hybridized carbons (Fsp3) is 0.294. The summed E-state index contributed by atoms with van der Waals surface area (Å²) in [5.41, 5.74) is 1.47. The first-order chi connectivity index (χ1) is 11.5. The van der Waals surface area contributed by atoms with E-state index in [0.717, 1.165) is 10.4 Å². The number of fused-ring (bicyclic) bond motifs is 1. The van der Waals surface area contributed by atoms with Gasteiger partial charge in [-0.2, -0.15) is 0 Å². The van der Waals surface area contributed by atoms with Crippen molar-refractivity contribution in [2.75, 3.05) is 20.2 Å². The quantitative estimate of drug-likeness (QED) is 0.905. The number of carboxylic acids is 1. The lowest BCUT2D eigenvalue weighted by Gasteiger charge is -2.21. The van der Waals surface area contributed by atoms with Crippen LogP contribution in [-0.2, 0) is 12.8 Å². The van der Waals surface area contributed by atoms with Crippen molar-refractivity contribution in [1.29, 1.82) is 0 Å². The first-order valence-corrected chi connectivity index (χ1v) is 8.66. The predicted octanol–water partition coefficient (Wildman–Crippen LogP) is 3.35. The van der Waals surface area contributed by atoms with Gasteiger partial charge in [-0.15, -0.1) is 11.3 Å². The third-order valence-electron chi connectivity index (χ3n) is 4.05. The van der Waals surface area contributed by atoms with E-state index in [1.165, 1.54) is 18.4 Å². The van der Waals surface area contributed by atoms with Gasteiger partial charge in [0.2, 0.25) is 0 Å². The van der Waals surface area contributed by atoms with E-state index in [2.05, 4.69) is 0 Å². The van der Waals surface area contributed by atoms with Crippen LogP contribution in [0.1, 0.15) is 30.5 Å². The molecule has 2 aromatic rings. The molecule has 0 saturated carbocycles. The predicted molar refractivity (Wildman–Crippen MR) is 92.6 cm³/mol. The van der Waals surface area contributed by atoms with Gasteiger partial charge in [0.1, 0.15) is 10.6 Å². The number of amides is 1. The Hall–Kier alpha value is -2.05. The van der Waals surface area contributed by atoms with E-state index in [4.69, 9.17) is 21.4 Å². The number of carbonyl (C=O) groups excluding carboxylic acids is 1. The van der Waals surface area contributed by atoms with Crippen LogP contribution in [0.15, 0.2) is 24.3 Å². The minimum atomic E-state index is -0.898. The summed E-state index contributed by atoms with van der Waals surface area (Å²) in [6, 6.07) is 6.70. The number of halogens is 1. The molecule has 1 aliphatic rings. The molecule has 3 rings (SSSR count). The minimum Gasteiger partial charge on any atom is -0.496 e. The average molecular weight is 366 g/mol. The summed E-state index contributed by atoms with van der Waals surface area (Å²) in [4.78, 5) is 27.1. The van der Waals surface area contributed by atoms with E-state index < -0.39 is 5.97 Å². The number of carboxylic acid groups (broad SMARTS) is 1. The molecular weight excluding hydrogens is 350 g/mol. The van der Waals surface area contributed by atoms with Crippen molar-refractivity contribution >= 4 is 34.8 Å². The third kappa shape index (κ3) is 3.25. The number of hydrogen-bond donors (Lipinski definition) is 1. The standard InChI is InChI=1S/C17H16ClNO4S/c1-23-13-3-2-11(18)9-12(13)16(20)19-6-4-10-8-15(17(21)22)24-14(10)5-7-19/h2-3,8-9H,4-7H2,1H3,(H,21,22). The Labute approximate surface area is 148 Å².